The third-order valence-electron chi connectivity index (χ3n) is 4.29. The monoisotopic (exact) mass is 407 g/mol. The summed E-state index contributed by atoms with van der Waals surface area (Å²) in [5.41, 5.74) is -3.25. The zero-order valence-electron chi connectivity index (χ0n) is 15.1. The lowest BCUT2D eigenvalue weighted by atomic mass is 10.1. The second kappa shape index (κ2) is 7.46. The van der Waals surface area contributed by atoms with Crippen LogP contribution in [0.15, 0.2) is 54.6 Å². The fraction of sp³-hybridized carbons (Fsp3) is 0.211. The van der Waals surface area contributed by atoms with Crippen molar-refractivity contribution in [2.24, 2.45) is 0 Å². The van der Waals surface area contributed by atoms with Crippen LogP contribution in [0.5, 0.6) is 5.75 Å². The molecule has 0 unspecified atom stereocenters. The molecule has 0 aromatic heterocycles. The Balaban J connectivity index is 1.93. The number of methoxy groups -OCH3 is 1. The summed E-state index contributed by atoms with van der Waals surface area (Å²) in [6.07, 6.45) is -5.68. The highest BCUT2D eigenvalue weighted by Gasteiger charge is 2.69. The number of hydrogen-bond acceptors (Lipinski definition) is 4. The number of halogens is 3. The van der Waals surface area contributed by atoms with Crippen LogP contribution in [0.1, 0.15) is 5.56 Å². The van der Waals surface area contributed by atoms with Gasteiger partial charge >= 0.3 is 12.2 Å². The van der Waals surface area contributed by atoms with E-state index in [0.717, 1.165) is 0 Å². The third kappa shape index (κ3) is 3.73. The number of rotatable bonds is 5. The van der Waals surface area contributed by atoms with Gasteiger partial charge < -0.3 is 10.1 Å². The van der Waals surface area contributed by atoms with Crippen LogP contribution in [0.2, 0.25) is 0 Å². The second-order valence-electron chi connectivity index (χ2n) is 6.23. The van der Waals surface area contributed by atoms with Gasteiger partial charge in [-0.05, 0) is 17.7 Å². The summed E-state index contributed by atoms with van der Waals surface area (Å²) < 4.78 is 46.6. The van der Waals surface area contributed by atoms with E-state index in [-0.39, 0.29) is 11.4 Å². The summed E-state index contributed by atoms with van der Waals surface area (Å²) in [7, 11) is 1.33. The van der Waals surface area contributed by atoms with E-state index >= 15 is 0 Å². The van der Waals surface area contributed by atoms with Crippen molar-refractivity contribution in [1.29, 1.82) is 0 Å². The second-order valence-corrected chi connectivity index (χ2v) is 6.23. The van der Waals surface area contributed by atoms with Gasteiger partial charge in [-0.1, -0.05) is 36.4 Å². The molecule has 2 N–H and O–H groups in total. The number of carbonyl (C=O) groups is 3. The predicted octanol–water partition coefficient (Wildman–Crippen LogP) is 2.37. The number of benzene rings is 2. The van der Waals surface area contributed by atoms with Gasteiger partial charge in [0.2, 0.25) is 5.91 Å². The first kappa shape index (κ1) is 20.2. The van der Waals surface area contributed by atoms with Crippen molar-refractivity contribution in [3.63, 3.8) is 0 Å². The normalized spacial score (nSPS) is 19.1. The SMILES string of the molecule is COc1cccc(N2C(=O)N[C@](NC(=O)Cc3ccccc3)(C(F)(F)F)C2=O)c1. The lowest BCUT2D eigenvalue weighted by Gasteiger charge is -2.29. The number of ether oxygens (including phenoxy) is 1. The van der Waals surface area contributed by atoms with E-state index in [2.05, 4.69) is 0 Å². The Bertz CT molecular complexity index is 949. The van der Waals surface area contributed by atoms with E-state index in [1.165, 1.54) is 31.4 Å². The van der Waals surface area contributed by atoms with Crippen LogP contribution in [0, 0.1) is 0 Å². The van der Waals surface area contributed by atoms with Crippen LogP contribution in [0.3, 0.4) is 0 Å². The standard InChI is InChI=1S/C19H16F3N3O4/c1-29-14-9-5-8-13(11-14)25-16(27)18(19(20,21)22,24-17(25)28)23-15(26)10-12-6-3-2-4-7-12/h2-9,11H,10H2,1H3,(H,23,26)(H,24,28)/t18-/m0/s1. The number of anilines is 1. The van der Waals surface area contributed by atoms with Gasteiger partial charge in [0.1, 0.15) is 5.75 Å². The molecule has 1 saturated heterocycles. The van der Waals surface area contributed by atoms with Gasteiger partial charge in [0.25, 0.3) is 11.6 Å². The fourth-order valence-electron chi connectivity index (χ4n) is 2.90. The molecule has 1 fully saturated rings. The lowest BCUT2D eigenvalue weighted by molar-refractivity contribution is -0.201. The van der Waals surface area contributed by atoms with Crippen LogP contribution < -0.4 is 20.3 Å². The fourth-order valence-corrected chi connectivity index (χ4v) is 2.90. The molecule has 7 nitrogen and oxygen atoms in total. The molecular formula is C19H16F3N3O4. The van der Waals surface area contributed by atoms with Gasteiger partial charge in [-0.15, -0.1) is 0 Å². The Morgan fingerprint density at radius 1 is 1.14 bits per heavy atom. The minimum atomic E-state index is -5.28. The third-order valence-corrected chi connectivity index (χ3v) is 4.29. The smallest absolute Gasteiger partial charge is 0.440 e. The van der Waals surface area contributed by atoms with Gasteiger partial charge in [0.15, 0.2) is 0 Å². The number of imide groups is 1. The van der Waals surface area contributed by atoms with E-state index in [1.807, 2.05) is 0 Å². The number of nitrogens with zero attached hydrogens (tertiary/aromatic N) is 1. The van der Waals surface area contributed by atoms with Crippen molar-refractivity contribution in [2.75, 3.05) is 12.0 Å². The molecule has 1 aliphatic heterocycles. The van der Waals surface area contributed by atoms with Gasteiger partial charge in [-0.3, -0.25) is 14.9 Å². The molecule has 0 aliphatic carbocycles. The molecule has 2 aromatic rings. The molecule has 0 saturated carbocycles. The average Bonchev–Trinajstić information content (AvgIpc) is 2.93. The van der Waals surface area contributed by atoms with Gasteiger partial charge in [0.05, 0.1) is 19.2 Å². The maximum Gasteiger partial charge on any atom is 0.440 e. The van der Waals surface area contributed by atoms with Crippen LogP contribution in [-0.4, -0.2) is 36.8 Å². The van der Waals surface area contributed by atoms with Crippen molar-refractivity contribution < 1.29 is 32.3 Å². The maximum absolute atomic E-state index is 13.9. The highest BCUT2D eigenvalue weighted by molar-refractivity contribution is 6.24. The molecule has 0 radical (unpaired) electrons. The van der Waals surface area contributed by atoms with Crippen LogP contribution >= 0.6 is 0 Å². The van der Waals surface area contributed by atoms with Crippen molar-refractivity contribution in [2.45, 2.75) is 18.3 Å². The highest BCUT2D eigenvalue weighted by Crippen LogP contribution is 2.36. The van der Waals surface area contributed by atoms with E-state index in [4.69, 9.17) is 4.74 Å². The Hall–Kier alpha value is -3.56. The van der Waals surface area contributed by atoms with Crippen LogP contribution in [0.4, 0.5) is 23.7 Å². The Kier molecular flexibility index (Phi) is 5.19. The first-order chi connectivity index (χ1) is 13.7. The number of nitrogens with one attached hydrogen (secondary N) is 2. The Morgan fingerprint density at radius 2 is 1.83 bits per heavy atom. The minimum absolute atomic E-state index is 0.129. The van der Waals surface area contributed by atoms with E-state index in [9.17, 15) is 27.6 Å². The number of carbonyl (C=O) groups excluding carboxylic acids is 3. The average molecular weight is 407 g/mol. The summed E-state index contributed by atoms with van der Waals surface area (Å²) >= 11 is 0. The van der Waals surface area contributed by atoms with E-state index in [0.29, 0.717) is 10.5 Å². The molecular weight excluding hydrogens is 391 g/mol. The van der Waals surface area contributed by atoms with Crippen molar-refractivity contribution in [1.82, 2.24) is 10.6 Å². The maximum atomic E-state index is 13.9. The summed E-state index contributed by atoms with van der Waals surface area (Å²) in [6.45, 7) is 0. The number of amides is 4. The van der Waals surface area contributed by atoms with Gasteiger partial charge in [-0.2, -0.15) is 13.2 Å². The minimum Gasteiger partial charge on any atom is -0.497 e. The molecule has 3 rings (SSSR count). The summed E-state index contributed by atoms with van der Waals surface area (Å²) in [5, 5.41) is 3.27. The molecule has 1 heterocycles. The van der Waals surface area contributed by atoms with Crippen molar-refractivity contribution >= 4 is 23.5 Å². The van der Waals surface area contributed by atoms with Crippen LogP contribution in [0.25, 0.3) is 0 Å². The molecule has 29 heavy (non-hydrogen) atoms. The molecule has 0 spiro atoms. The van der Waals surface area contributed by atoms with E-state index in [1.54, 1.807) is 41.0 Å². The predicted molar refractivity (Wildman–Crippen MR) is 96.1 cm³/mol. The molecule has 10 heteroatoms. The molecule has 1 aliphatic rings. The van der Waals surface area contributed by atoms with Gasteiger partial charge in [0, 0.05) is 6.07 Å². The number of urea groups is 1. The molecule has 4 amide bonds. The van der Waals surface area contributed by atoms with Crippen molar-refractivity contribution in [3.05, 3.63) is 60.2 Å². The van der Waals surface area contributed by atoms with E-state index < -0.39 is 36.1 Å². The summed E-state index contributed by atoms with van der Waals surface area (Å²) in [5.74, 6) is -2.50. The first-order valence-corrected chi connectivity index (χ1v) is 8.40. The first-order valence-electron chi connectivity index (χ1n) is 8.40. The summed E-state index contributed by atoms with van der Waals surface area (Å²) in [4.78, 5) is 37.6. The highest BCUT2D eigenvalue weighted by atomic mass is 19.4. The summed E-state index contributed by atoms with van der Waals surface area (Å²) in [6, 6.07) is 12.1. The van der Waals surface area contributed by atoms with Gasteiger partial charge in [-0.25, -0.2) is 9.69 Å². The zero-order chi connectivity index (χ0) is 21.2. The number of hydrogen-bond donors (Lipinski definition) is 2. The largest absolute Gasteiger partial charge is 0.497 e. The number of alkyl halides is 3. The molecule has 2 aromatic carbocycles. The quantitative estimate of drug-likeness (QED) is 0.745. The lowest BCUT2D eigenvalue weighted by Crippen LogP contribution is -2.69. The molecule has 152 valence electrons. The van der Waals surface area contributed by atoms with Crippen LogP contribution in [-0.2, 0) is 16.0 Å². The Morgan fingerprint density at radius 3 is 2.45 bits per heavy atom. The topological polar surface area (TPSA) is 87.7 Å². The zero-order valence-corrected chi connectivity index (χ0v) is 15.1. The molecule has 1 atom stereocenters. The Labute approximate surface area is 163 Å². The van der Waals surface area contributed by atoms with Crippen molar-refractivity contribution in [3.8, 4) is 5.75 Å². The molecule has 0 bridgehead atoms.